The molecule has 7 heteroatoms. The molecule has 0 bridgehead atoms. The van der Waals surface area contributed by atoms with Gasteiger partial charge in [-0.3, -0.25) is 14.9 Å². The number of H-pyrrole nitrogens is 1. The van der Waals surface area contributed by atoms with E-state index >= 15 is 0 Å². The van der Waals surface area contributed by atoms with Crippen molar-refractivity contribution in [2.24, 2.45) is 0 Å². The van der Waals surface area contributed by atoms with Gasteiger partial charge in [0.1, 0.15) is 5.03 Å². The molecule has 2 N–H and O–H groups in total. The van der Waals surface area contributed by atoms with Crippen LogP contribution < -0.4 is 5.32 Å². The van der Waals surface area contributed by atoms with Crippen LogP contribution >= 0.6 is 11.8 Å². The first-order valence-corrected chi connectivity index (χ1v) is 10.4. The number of anilines is 1. The van der Waals surface area contributed by atoms with E-state index in [1.807, 2.05) is 48.7 Å². The lowest BCUT2D eigenvalue weighted by atomic mass is 10.1. The summed E-state index contributed by atoms with van der Waals surface area (Å²) in [5.74, 6) is 0.504. The SMILES string of the molecule is O=C(Nc1ccc2cn[nH]c2c1)c1cccnc1SCc1ccnc2ccccc12. The Labute approximate surface area is 176 Å². The number of rotatable bonds is 5. The molecule has 0 spiro atoms. The van der Waals surface area contributed by atoms with E-state index in [0.717, 1.165) is 27.4 Å². The fourth-order valence-electron chi connectivity index (χ4n) is 3.32. The maximum Gasteiger partial charge on any atom is 0.258 e. The predicted molar refractivity (Wildman–Crippen MR) is 120 cm³/mol. The Morgan fingerprint density at radius 1 is 1.00 bits per heavy atom. The summed E-state index contributed by atoms with van der Waals surface area (Å²) in [4.78, 5) is 21.8. The van der Waals surface area contributed by atoms with Crippen molar-refractivity contribution in [1.82, 2.24) is 20.2 Å². The molecule has 2 aromatic carbocycles. The Bertz CT molecular complexity index is 1360. The quantitative estimate of drug-likeness (QED) is 0.395. The number of nitrogens with one attached hydrogen (secondary N) is 2. The third-order valence-corrected chi connectivity index (χ3v) is 5.87. The topological polar surface area (TPSA) is 83.6 Å². The number of carbonyl (C=O) groups is 1. The Kier molecular flexibility index (Phi) is 4.86. The van der Waals surface area contributed by atoms with Gasteiger partial charge in [0, 0.05) is 34.6 Å². The van der Waals surface area contributed by atoms with Crippen molar-refractivity contribution >= 4 is 45.2 Å². The molecule has 5 rings (SSSR count). The number of aromatic nitrogens is 4. The molecular formula is C23H17N5OS. The molecule has 0 atom stereocenters. The molecule has 146 valence electrons. The maximum atomic E-state index is 12.9. The third-order valence-electron chi connectivity index (χ3n) is 4.82. The fourth-order valence-corrected chi connectivity index (χ4v) is 4.31. The van der Waals surface area contributed by atoms with E-state index in [9.17, 15) is 4.79 Å². The molecule has 0 saturated carbocycles. The predicted octanol–water partition coefficient (Wildman–Crippen LogP) is 5.05. The van der Waals surface area contributed by atoms with Crippen LogP contribution in [0.5, 0.6) is 0 Å². The van der Waals surface area contributed by atoms with Gasteiger partial charge in [-0.15, -0.1) is 11.8 Å². The second kappa shape index (κ2) is 7.96. The van der Waals surface area contributed by atoms with E-state index in [-0.39, 0.29) is 5.91 Å². The number of hydrogen-bond donors (Lipinski definition) is 2. The van der Waals surface area contributed by atoms with Gasteiger partial charge < -0.3 is 5.32 Å². The number of pyridine rings is 2. The van der Waals surface area contributed by atoms with E-state index in [0.29, 0.717) is 22.0 Å². The maximum absolute atomic E-state index is 12.9. The normalized spacial score (nSPS) is 11.1. The van der Waals surface area contributed by atoms with Crippen LogP contribution in [0.25, 0.3) is 21.8 Å². The minimum atomic E-state index is -0.191. The number of aromatic amines is 1. The van der Waals surface area contributed by atoms with Crippen LogP contribution in [0, 0.1) is 0 Å². The molecule has 0 aliphatic rings. The van der Waals surface area contributed by atoms with E-state index < -0.39 is 0 Å². The number of benzene rings is 2. The molecule has 5 aromatic rings. The Morgan fingerprint density at radius 3 is 2.90 bits per heavy atom. The van der Waals surface area contributed by atoms with Crippen molar-refractivity contribution in [1.29, 1.82) is 0 Å². The molecule has 3 aromatic heterocycles. The molecule has 1 amide bonds. The fraction of sp³-hybridized carbons (Fsp3) is 0.0435. The third kappa shape index (κ3) is 3.62. The van der Waals surface area contributed by atoms with E-state index in [4.69, 9.17) is 0 Å². The minimum Gasteiger partial charge on any atom is -0.322 e. The first-order valence-electron chi connectivity index (χ1n) is 9.43. The number of nitrogens with zero attached hydrogens (tertiary/aromatic N) is 3. The molecular weight excluding hydrogens is 394 g/mol. The van der Waals surface area contributed by atoms with Gasteiger partial charge in [0.05, 0.1) is 22.8 Å². The van der Waals surface area contributed by atoms with Gasteiger partial charge in [0.15, 0.2) is 0 Å². The van der Waals surface area contributed by atoms with Gasteiger partial charge in [-0.1, -0.05) is 18.2 Å². The minimum absolute atomic E-state index is 0.191. The highest BCUT2D eigenvalue weighted by Gasteiger charge is 2.14. The number of amides is 1. The van der Waals surface area contributed by atoms with Gasteiger partial charge >= 0.3 is 0 Å². The smallest absolute Gasteiger partial charge is 0.258 e. The highest BCUT2D eigenvalue weighted by molar-refractivity contribution is 7.98. The second-order valence-electron chi connectivity index (χ2n) is 6.76. The molecule has 0 unspecified atom stereocenters. The largest absolute Gasteiger partial charge is 0.322 e. The molecule has 0 fully saturated rings. The van der Waals surface area contributed by atoms with Crippen LogP contribution in [-0.2, 0) is 5.75 Å². The standard InChI is InChI=1S/C23H17N5OS/c29-22(27-17-8-7-15-13-26-28-21(15)12-17)19-5-3-10-25-23(19)30-14-16-9-11-24-20-6-2-1-4-18(16)20/h1-13H,14H2,(H,26,28)(H,27,29). The van der Waals surface area contributed by atoms with Crippen molar-refractivity contribution in [2.75, 3.05) is 5.32 Å². The van der Waals surface area contributed by atoms with Gasteiger partial charge in [-0.25, -0.2) is 4.98 Å². The van der Waals surface area contributed by atoms with Crippen LogP contribution in [0.4, 0.5) is 5.69 Å². The zero-order chi connectivity index (χ0) is 20.3. The zero-order valence-corrected chi connectivity index (χ0v) is 16.7. The van der Waals surface area contributed by atoms with Gasteiger partial charge in [0.2, 0.25) is 0 Å². The number of para-hydroxylation sites is 1. The van der Waals surface area contributed by atoms with Crippen molar-refractivity contribution in [3.05, 3.63) is 90.4 Å². The number of thioether (sulfide) groups is 1. The highest BCUT2D eigenvalue weighted by Crippen LogP contribution is 2.28. The lowest BCUT2D eigenvalue weighted by Crippen LogP contribution is -2.13. The molecule has 0 aliphatic carbocycles. The lowest BCUT2D eigenvalue weighted by molar-refractivity contribution is 0.102. The molecule has 6 nitrogen and oxygen atoms in total. The first-order chi connectivity index (χ1) is 14.8. The van der Waals surface area contributed by atoms with Crippen molar-refractivity contribution in [3.8, 4) is 0 Å². The van der Waals surface area contributed by atoms with Crippen LogP contribution in [0.15, 0.2) is 84.3 Å². The Balaban J connectivity index is 1.37. The summed E-state index contributed by atoms with van der Waals surface area (Å²) in [6.45, 7) is 0. The van der Waals surface area contributed by atoms with E-state index in [2.05, 4.69) is 31.5 Å². The monoisotopic (exact) mass is 411 g/mol. The summed E-state index contributed by atoms with van der Waals surface area (Å²) >= 11 is 1.54. The summed E-state index contributed by atoms with van der Waals surface area (Å²) in [5.41, 5.74) is 4.25. The number of hydrogen-bond acceptors (Lipinski definition) is 5. The summed E-state index contributed by atoms with van der Waals surface area (Å²) in [6, 6.07) is 19.3. The molecule has 0 aliphatic heterocycles. The second-order valence-corrected chi connectivity index (χ2v) is 7.72. The lowest BCUT2D eigenvalue weighted by Gasteiger charge is -2.10. The molecule has 3 heterocycles. The Morgan fingerprint density at radius 2 is 1.93 bits per heavy atom. The zero-order valence-electron chi connectivity index (χ0n) is 15.9. The van der Waals surface area contributed by atoms with Crippen LogP contribution in [0.1, 0.15) is 15.9 Å². The molecule has 0 radical (unpaired) electrons. The van der Waals surface area contributed by atoms with E-state index in [1.54, 1.807) is 36.3 Å². The van der Waals surface area contributed by atoms with Crippen molar-refractivity contribution in [3.63, 3.8) is 0 Å². The molecule has 30 heavy (non-hydrogen) atoms. The number of carbonyl (C=O) groups excluding carboxylic acids is 1. The Hall–Kier alpha value is -3.71. The van der Waals surface area contributed by atoms with Crippen LogP contribution in [0.3, 0.4) is 0 Å². The average Bonchev–Trinajstić information content (AvgIpc) is 3.26. The first kappa shape index (κ1) is 18.3. The summed E-state index contributed by atoms with van der Waals surface area (Å²) in [5, 5.41) is 12.7. The average molecular weight is 411 g/mol. The summed E-state index contributed by atoms with van der Waals surface area (Å²) in [6.07, 6.45) is 5.27. The van der Waals surface area contributed by atoms with Gasteiger partial charge in [0.25, 0.3) is 5.91 Å². The summed E-state index contributed by atoms with van der Waals surface area (Å²) < 4.78 is 0. The van der Waals surface area contributed by atoms with Crippen LogP contribution in [0.2, 0.25) is 0 Å². The van der Waals surface area contributed by atoms with Crippen molar-refractivity contribution in [2.45, 2.75) is 10.8 Å². The van der Waals surface area contributed by atoms with Gasteiger partial charge in [-0.05, 0) is 48.0 Å². The highest BCUT2D eigenvalue weighted by atomic mass is 32.2. The van der Waals surface area contributed by atoms with Crippen molar-refractivity contribution < 1.29 is 4.79 Å². The van der Waals surface area contributed by atoms with E-state index in [1.165, 1.54) is 0 Å². The van der Waals surface area contributed by atoms with Gasteiger partial charge in [-0.2, -0.15) is 5.10 Å². The molecule has 0 saturated heterocycles. The number of fused-ring (bicyclic) bond motifs is 2. The summed E-state index contributed by atoms with van der Waals surface area (Å²) in [7, 11) is 0. The van der Waals surface area contributed by atoms with Crippen LogP contribution in [-0.4, -0.2) is 26.1 Å².